The van der Waals surface area contributed by atoms with Crippen molar-refractivity contribution in [2.24, 2.45) is 0 Å². The monoisotopic (exact) mass is 439 g/mol. The number of halogens is 3. The number of carbonyl (C=O) groups is 2. The topological polar surface area (TPSA) is 72.0 Å². The Hall–Kier alpha value is -3.35. The summed E-state index contributed by atoms with van der Waals surface area (Å²) in [5, 5.41) is 3.18. The Labute approximate surface area is 180 Å². The van der Waals surface area contributed by atoms with E-state index in [-0.39, 0.29) is 27.4 Å². The normalized spacial score (nSPS) is 10.8. The fraction of sp³-hybridized carbons (Fsp3) is 0. The molecular weight excluding hydrogens is 428 g/mol. The molecule has 0 bridgehead atoms. The Morgan fingerprint density at radius 2 is 1.53 bits per heavy atom. The average molecular weight is 440 g/mol. The first-order chi connectivity index (χ1) is 14.4. The van der Waals surface area contributed by atoms with Crippen molar-refractivity contribution in [3.63, 3.8) is 0 Å². The molecule has 148 valence electrons. The van der Waals surface area contributed by atoms with E-state index in [0.717, 1.165) is 6.07 Å². The van der Waals surface area contributed by atoms with Crippen molar-refractivity contribution in [2.45, 2.75) is 0 Å². The number of hydrogen-bond acceptors (Lipinski definition) is 4. The fourth-order valence-corrected chi connectivity index (χ4v) is 3.18. The first-order valence-corrected chi connectivity index (χ1v) is 9.49. The Morgan fingerprint density at radius 3 is 2.30 bits per heavy atom. The zero-order chi connectivity index (χ0) is 21.3. The van der Waals surface area contributed by atoms with E-state index in [1.165, 1.54) is 36.5 Å². The lowest BCUT2D eigenvalue weighted by Gasteiger charge is -2.09. The highest BCUT2D eigenvalue weighted by Gasteiger charge is 2.17. The van der Waals surface area contributed by atoms with Crippen molar-refractivity contribution in [2.75, 3.05) is 5.32 Å². The zero-order valence-corrected chi connectivity index (χ0v) is 16.7. The summed E-state index contributed by atoms with van der Waals surface area (Å²) in [6.07, 6.45) is 3.06. The predicted octanol–water partition coefficient (Wildman–Crippen LogP) is 5.56. The SMILES string of the molecule is O=C(Nc1ccc(F)c(C(=O)c2ccc3nccnc3c2)c1)c1ccc(Cl)c(Cl)c1. The molecule has 0 unspecified atom stereocenters. The molecule has 0 aliphatic rings. The maximum Gasteiger partial charge on any atom is 0.255 e. The number of carbonyl (C=O) groups excluding carboxylic acids is 2. The highest BCUT2D eigenvalue weighted by Crippen LogP contribution is 2.24. The molecule has 8 heteroatoms. The Morgan fingerprint density at radius 1 is 0.800 bits per heavy atom. The van der Waals surface area contributed by atoms with Gasteiger partial charge in [0.05, 0.1) is 26.6 Å². The second-order valence-corrected chi connectivity index (χ2v) is 7.18. The standard InChI is InChI=1S/C22H12Cl2FN3O2/c23-16-4-1-13(9-17(16)24)22(30)28-14-3-5-18(25)15(11-14)21(29)12-2-6-19-20(10-12)27-8-7-26-19/h1-11H,(H,28,30). The molecule has 1 heterocycles. The smallest absolute Gasteiger partial charge is 0.255 e. The largest absolute Gasteiger partial charge is 0.322 e. The van der Waals surface area contributed by atoms with E-state index in [1.54, 1.807) is 24.4 Å². The molecule has 30 heavy (non-hydrogen) atoms. The van der Waals surface area contributed by atoms with E-state index in [0.29, 0.717) is 16.1 Å². The van der Waals surface area contributed by atoms with Gasteiger partial charge >= 0.3 is 0 Å². The first-order valence-electron chi connectivity index (χ1n) is 8.74. The number of benzene rings is 3. The lowest BCUT2D eigenvalue weighted by Crippen LogP contribution is -2.13. The van der Waals surface area contributed by atoms with Crippen LogP contribution in [0.15, 0.2) is 67.0 Å². The van der Waals surface area contributed by atoms with Crippen molar-refractivity contribution in [1.29, 1.82) is 0 Å². The van der Waals surface area contributed by atoms with Gasteiger partial charge in [-0.25, -0.2) is 4.39 Å². The molecule has 0 saturated heterocycles. The summed E-state index contributed by atoms with van der Waals surface area (Å²) in [4.78, 5) is 33.6. The molecule has 4 aromatic rings. The van der Waals surface area contributed by atoms with Gasteiger partial charge in [-0.1, -0.05) is 23.2 Å². The van der Waals surface area contributed by atoms with Crippen molar-refractivity contribution in [3.05, 3.63) is 99.5 Å². The molecule has 4 rings (SSSR count). The number of nitrogens with one attached hydrogen (secondary N) is 1. The van der Waals surface area contributed by atoms with Crippen molar-refractivity contribution >= 4 is 51.6 Å². The second-order valence-electron chi connectivity index (χ2n) is 6.37. The molecule has 0 saturated carbocycles. The molecule has 5 nitrogen and oxygen atoms in total. The summed E-state index contributed by atoms with van der Waals surface area (Å²) in [5.74, 6) is -1.71. The lowest BCUT2D eigenvalue weighted by atomic mass is 10.0. The van der Waals surface area contributed by atoms with Crippen LogP contribution in [0, 0.1) is 5.82 Å². The summed E-state index contributed by atoms with van der Waals surface area (Å²) in [6.45, 7) is 0. The molecule has 1 amide bonds. The summed E-state index contributed by atoms with van der Waals surface area (Å²) in [6, 6.07) is 13.0. The fourth-order valence-electron chi connectivity index (χ4n) is 2.88. The van der Waals surface area contributed by atoms with Crippen LogP contribution in [-0.2, 0) is 0 Å². The van der Waals surface area contributed by atoms with Gasteiger partial charge in [0, 0.05) is 29.2 Å². The molecule has 1 aromatic heterocycles. The lowest BCUT2D eigenvalue weighted by molar-refractivity contribution is 0.102. The molecule has 0 aliphatic heterocycles. The van der Waals surface area contributed by atoms with Crippen LogP contribution in [0.1, 0.15) is 26.3 Å². The highest BCUT2D eigenvalue weighted by atomic mass is 35.5. The molecular formula is C22H12Cl2FN3O2. The Bertz CT molecular complexity index is 1310. The van der Waals surface area contributed by atoms with Crippen molar-refractivity contribution < 1.29 is 14.0 Å². The minimum Gasteiger partial charge on any atom is -0.322 e. The number of amides is 1. The van der Waals surface area contributed by atoms with Gasteiger partial charge in [-0.15, -0.1) is 0 Å². The third kappa shape index (κ3) is 4.01. The third-order valence-corrected chi connectivity index (χ3v) is 5.12. The van der Waals surface area contributed by atoms with Gasteiger partial charge in [-0.2, -0.15) is 0 Å². The summed E-state index contributed by atoms with van der Waals surface area (Å²) in [5.41, 5.74) is 1.76. The van der Waals surface area contributed by atoms with Crippen LogP contribution >= 0.6 is 23.2 Å². The Kier molecular flexibility index (Phi) is 5.44. The van der Waals surface area contributed by atoms with Gasteiger partial charge in [0.15, 0.2) is 5.78 Å². The van der Waals surface area contributed by atoms with Gasteiger partial charge in [-0.3, -0.25) is 19.6 Å². The van der Waals surface area contributed by atoms with Gasteiger partial charge in [0.25, 0.3) is 5.91 Å². The Balaban J connectivity index is 1.62. The van der Waals surface area contributed by atoms with E-state index < -0.39 is 17.5 Å². The van der Waals surface area contributed by atoms with Crippen LogP contribution in [-0.4, -0.2) is 21.7 Å². The van der Waals surface area contributed by atoms with E-state index in [1.807, 2.05) is 0 Å². The number of anilines is 1. The van der Waals surface area contributed by atoms with E-state index in [9.17, 15) is 14.0 Å². The number of nitrogens with zero attached hydrogens (tertiary/aromatic N) is 2. The third-order valence-electron chi connectivity index (χ3n) is 4.38. The van der Waals surface area contributed by atoms with Crippen LogP contribution < -0.4 is 5.32 Å². The quantitative estimate of drug-likeness (QED) is 0.422. The molecule has 0 atom stereocenters. The van der Waals surface area contributed by atoms with Crippen LogP contribution in [0.25, 0.3) is 11.0 Å². The van der Waals surface area contributed by atoms with Gasteiger partial charge in [0.2, 0.25) is 0 Å². The van der Waals surface area contributed by atoms with E-state index >= 15 is 0 Å². The molecule has 0 spiro atoms. The molecule has 0 radical (unpaired) electrons. The predicted molar refractivity (Wildman–Crippen MR) is 114 cm³/mol. The van der Waals surface area contributed by atoms with Gasteiger partial charge in [-0.05, 0) is 54.6 Å². The van der Waals surface area contributed by atoms with Crippen LogP contribution in [0.4, 0.5) is 10.1 Å². The summed E-state index contributed by atoms with van der Waals surface area (Å²) >= 11 is 11.8. The number of fused-ring (bicyclic) bond motifs is 1. The number of aromatic nitrogens is 2. The zero-order valence-electron chi connectivity index (χ0n) is 15.2. The number of ketones is 1. The molecule has 0 aliphatic carbocycles. The molecule has 1 N–H and O–H groups in total. The van der Waals surface area contributed by atoms with Crippen LogP contribution in [0.2, 0.25) is 10.0 Å². The average Bonchev–Trinajstić information content (AvgIpc) is 2.76. The van der Waals surface area contributed by atoms with Gasteiger partial charge in [0.1, 0.15) is 5.82 Å². The second kappa shape index (κ2) is 8.18. The minimum absolute atomic E-state index is 0.176. The molecule has 3 aromatic carbocycles. The maximum absolute atomic E-state index is 14.4. The van der Waals surface area contributed by atoms with E-state index in [4.69, 9.17) is 23.2 Å². The first kappa shape index (κ1) is 19.9. The number of hydrogen-bond donors (Lipinski definition) is 1. The summed E-state index contributed by atoms with van der Waals surface area (Å²) in [7, 11) is 0. The minimum atomic E-state index is -0.702. The van der Waals surface area contributed by atoms with Crippen molar-refractivity contribution in [1.82, 2.24) is 9.97 Å². The highest BCUT2D eigenvalue weighted by molar-refractivity contribution is 6.42. The van der Waals surface area contributed by atoms with E-state index in [2.05, 4.69) is 15.3 Å². The van der Waals surface area contributed by atoms with Crippen LogP contribution in [0.5, 0.6) is 0 Å². The molecule has 0 fully saturated rings. The van der Waals surface area contributed by atoms with Crippen LogP contribution in [0.3, 0.4) is 0 Å². The van der Waals surface area contributed by atoms with Gasteiger partial charge < -0.3 is 5.32 Å². The van der Waals surface area contributed by atoms with Crippen molar-refractivity contribution in [3.8, 4) is 0 Å². The maximum atomic E-state index is 14.4. The number of rotatable bonds is 4. The summed E-state index contributed by atoms with van der Waals surface area (Å²) < 4.78 is 14.4.